The number of hydrogen-bond donors (Lipinski definition) is 1. The highest BCUT2D eigenvalue weighted by Gasteiger charge is 2.38. The standard InChI is InChI=1S/C13H17NO2/c1-10-13(2,8-9-16-10)14-12(15)11-6-4-3-5-7-11/h3-7,10H,8-9H2,1-2H3,(H,14,15). The first-order valence-electron chi connectivity index (χ1n) is 5.61. The van der Waals surface area contributed by atoms with Crippen LogP contribution >= 0.6 is 0 Å². The Morgan fingerprint density at radius 1 is 1.44 bits per heavy atom. The number of hydrogen-bond acceptors (Lipinski definition) is 2. The van der Waals surface area contributed by atoms with Crippen LogP contribution in [0, 0.1) is 0 Å². The van der Waals surface area contributed by atoms with Crippen molar-refractivity contribution in [1.82, 2.24) is 5.32 Å². The van der Waals surface area contributed by atoms with Gasteiger partial charge in [0.25, 0.3) is 5.91 Å². The van der Waals surface area contributed by atoms with Crippen molar-refractivity contribution in [3.63, 3.8) is 0 Å². The minimum atomic E-state index is -0.243. The molecule has 0 aliphatic carbocycles. The van der Waals surface area contributed by atoms with Gasteiger partial charge in [-0.1, -0.05) is 18.2 Å². The molecule has 1 saturated heterocycles. The number of amides is 1. The van der Waals surface area contributed by atoms with Crippen molar-refractivity contribution in [2.45, 2.75) is 31.9 Å². The predicted molar refractivity (Wildman–Crippen MR) is 62.3 cm³/mol. The summed E-state index contributed by atoms with van der Waals surface area (Å²) in [5.41, 5.74) is 0.454. The fourth-order valence-electron chi connectivity index (χ4n) is 1.92. The van der Waals surface area contributed by atoms with Crippen LogP contribution < -0.4 is 5.32 Å². The molecule has 2 rings (SSSR count). The van der Waals surface area contributed by atoms with E-state index in [1.807, 2.05) is 44.2 Å². The maximum atomic E-state index is 12.0. The van der Waals surface area contributed by atoms with Gasteiger partial charge in [-0.25, -0.2) is 0 Å². The van der Waals surface area contributed by atoms with Gasteiger partial charge >= 0.3 is 0 Å². The summed E-state index contributed by atoms with van der Waals surface area (Å²) in [6.07, 6.45) is 0.937. The van der Waals surface area contributed by atoms with E-state index in [4.69, 9.17) is 4.74 Å². The average Bonchev–Trinajstić information content (AvgIpc) is 2.60. The molecule has 1 aromatic carbocycles. The van der Waals surface area contributed by atoms with Crippen LogP contribution in [0.4, 0.5) is 0 Å². The van der Waals surface area contributed by atoms with Crippen LogP contribution in [0.15, 0.2) is 30.3 Å². The molecule has 2 atom stereocenters. The molecule has 0 saturated carbocycles. The molecule has 2 unspecified atom stereocenters. The normalized spacial score (nSPS) is 29.0. The number of nitrogens with one attached hydrogen (secondary N) is 1. The van der Waals surface area contributed by atoms with Gasteiger partial charge in [-0.05, 0) is 32.4 Å². The van der Waals surface area contributed by atoms with Crippen LogP contribution in [0.25, 0.3) is 0 Å². The zero-order valence-corrected chi connectivity index (χ0v) is 9.69. The molecule has 1 fully saturated rings. The number of rotatable bonds is 2. The summed E-state index contributed by atoms with van der Waals surface area (Å²) in [6.45, 7) is 4.75. The zero-order chi connectivity index (χ0) is 11.6. The Hall–Kier alpha value is -1.35. The SMILES string of the molecule is CC1OCCC1(C)NC(=O)c1ccccc1. The summed E-state index contributed by atoms with van der Waals surface area (Å²) in [5, 5.41) is 3.06. The van der Waals surface area contributed by atoms with Crippen molar-refractivity contribution in [3.05, 3.63) is 35.9 Å². The van der Waals surface area contributed by atoms with E-state index in [0.717, 1.165) is 6.42 Å². The molecule has 1 aromatic rings. The van der Waals surface area contributed by atoms with E-state index in [0.29, 0.717) is 12.2 Å². The van der Waals surface area contributed by atoms with E-state index in [9.17, 15) is 4.79 Å². The van der Waals surface area contributed by atoms with Crippen molar-refractivity contribution >= 4 is 5.91 Å². The maximum Gasteiger partial charge on any atom is 0.251 e. The minimum absolute atomic E-state index is 0.0274. The Balaban J connectivity index is 2.08. The van der Waals surface area contributed by atoms with Crippen LogP contribution in [0.3, 0.4) is 0 Å². The number of carbonyl (C=O) groups is 1. The van der Waals surface area contributed by atoms with E-state index in [1.165, 1.54) is 0 Å². The smallest absolute Gasteiger partial charge is 0.251 e. The third-order valence-electron chi connectivity index (χ3n) is 3.32. The largest absolute Gasteiger partial charge is 0.376 e. The van der Waals surface area contributed by atoms with Crippen molar-refractivity contribution in [2.75, 3.05) is 6.61 Å². The van der Waals surface area contributed by atoms with Gasteiger partial charge in [0.1, 0.15) is 0 Å². The maximum absolute atomic E-state index is 12.0. The molecule has 1 amide bonds. The van der Waals surface area contributed by atoms with Gasteiger partial charge in [-0.2, -0.15) is 0 Å². The van der Waals surface area contributed by atoms with Crippen molar-refractivity contribution < 1.29 is 9.53 Å². The molecule has 16 heavy (non-hydrogen) atoms. The van der Waals surface area contributed by atoms with Gasteiger partial charge in [-0.15, -0.1) is 0 Å². The quantitative estimate of drug-likeness (QED) is 0.826. The molecule has 0 spiro atoms. The molecule has 1 aliphatic rings. The third kappa shape index (κ3) is 2.09. The molecule has 1 N–H and O–H groups in total. The molecule has 0 radical (unpaired) electrons. The van der Waals surface area contributed by atoms with Crippen molar-refractivity contribution in [1.29, 1.82) is 0 Å². The average molecular weight is 219 g/mol. The first-order chi connectivity index (χ1) is 7.62. The Morgan fingerprint density at radius 2 is 2.12 bits per heavy atom. The van der Waals surface area contributed by atoms with Crippen LogP contribution in [-0.4, -0.2) is 24.2 Å². The third-order valence-corrected chi connectivity index (χ3v) is 3.32. The van der Waals surface area contributed by atoms with E-state index in [2.05, 4.69) is 5.32 Å². The van der Waals surface area contributed by atoms with Crippen LogP contribution in [-0.2, 0) is 4.74 Å². The summed E-state index contributed by atoms with van der Waals surface area (Å²) in [5.74, 6) is -0.0274. The molecule has 86 valence electrons. The van der Waals surface area contributed by atoms with Gasteiger partial charge in [-0.3, -0.25) is 4.79 Å². The van der Waals surface area contributed by atoms with E-state index < -0.39 is 0 Å². The Kier molecular flexibility index (Phi) is 2.97. The summed E-state index contributed by atoms with van der Waals surface area (Å²) in [7, 11) is 0. The topological polar surface area (TPSA) is 38.3 Å². The van der Waals surface area contributed by atoms with Gasteiger partial charge in [0.15, 0.2) is 0 Å². The summed E-state index contributed by atoms with van der Waals surface area (Å²) < 4.78 is 5.49. The van der Waals surface area contributed by atoms with E-state index >= 15 is 0 Å². The molecule has 0 bridgehead atoms. The second-order valence-electron chi connectivity index (χ2n) is 4.50. The number of carbonyl (C=O) groups excluding carboxylic acids is 1. The highest BCUT2D eigenvalue weighted by molar-refractivity contribution is 5.94. The number of benzene rings is 1. The number of ether oxygens (including phenoxy) is 1. The van der Waals surface area contributed by atoms with Gasteiger partial charge in [0.2, 0.25) is 0 Å². The zero-order valence-electron chi connectivity index (χ0n) is 9.69. The highest BCUT2D eigenvalue weighted by Crippen LogP contribution is 2.25. The lowest BCUT2D eigenvalue weighted by Gasteiger charge is -2.28. The summed E-state index contributed by atoms with van der Waals surface area (Å²) >= 11 is 0. The molecule has 0 aromatic heterocycles. The molecule has 1 aliphatic heterocycles. The predicted octanol–water partition coefficient (Wildman–Crippen LogP) is 1.98. The molecule has 3 nitrogen and oxygen atoms in total. The second kappa shape index (κ2) is 4.26. The molecule has 3 heteroatoms. The lowest BCUT2D eigenvalue weighted by atomic mass is 9.94. The summed E-state index contributed by atoms with van der Waals surface area (Å²) in [4.78, 5) is 12.0. The van der Waals surface area contributed by atoms with E-state index in [-0.39, 0.29) is 17.6 Å². The van der Waals surface area contributed by atoms with Gasteiger partial charge < -0.3 is 10.1 Å². The first kappa shape index (κ1) is 11.1. The van der Waals surface area contributed by atoms with Crippen LogP contribution in [0.1, 0.15) is 30.6 Å². The van der Waals surface area contributed by atoms with Crippen molar-refractivity contribution in [3.8, 4) is 0 Å². The summed E-state index contributed by atoms with van der Waals surface area (Å²) in [6, 6.07) is 9.27. The Labute approximate surface area is 95.8 Å². The highest BCUT2D eigenvalue weighted by atomic mass is 16.5. The lowest BCUT2D eigenvalue weighted by Crippen LogP contribution is -2.50. The molecular weight excluding hydrogens is 202 g/mol. The monoisotopic (exact) mass is 219 g/mol. The minimum Gasteiger partial charge on any atom is -0.376 e. The van der Waals surface area contributed by atoms with E-state index in [1.54, 1.807) is 0 Å². The fraction of sp³-hybridized carbons (Fsp3) is 0.462. The van der Waals surface area contributed by atoms with Crippen LogP contribution in [0.2, 0.25) is 0 Å². The fourth-order valence-corrected chi connectivity index (χ4v) is 1.92. The Morgan fingerprint density at radius 3 is 2.69 bits per heavy atom. The Bertz CT molecular complexity index is 377. The van der Waals surface area contributed by atoms with Gasteiger partial charge in [0.05, 0.1) is 11.6 Å². The molecular formula is C13H17NO2. The second-order valence-corrected chi connectivity index (χ2v) is 4.50. The van der Waals surface area contributed by atoms with Crippen LogP contribution in [0.5, 0.6) is 0 Å². The molecule has 1 heterocycles. The lowest BCUT2D eigenvalue weighted by molar-refractivity contribution is 0.0727. The van der Waals surface area contributed by atoms with Gasteiger partial charge in [0, 0.05) is 12.2 Å². The van der Waals surface area contributed by atoms with Crippen molar-refractivity contribution in [2.24, 2.45) is 0 Å². The first-order valence-corrected chi connectivity index (χ1v) is 5.61.